The highest BCUT2D eigenvalue weighted by Gasteiger charge is 2.30. The molecule has 0 radical (unpaired) electrons. The molecule has 1 aliphatic heterocycles. The first-order chi connectivity index (χ1) is 14.2. The molecule has 0 saturated heterocycles. The van der Waals surface area contributed by atoms with Gasteiger partial charge in [0.2, 0.25) is 10.0 Å². The zero-order chi connectivity index (χ0) is 21.9. The van der Waals surface area contributed by atoms with Gasteiger partial charge in [0.05, 0.1) is 4.90 Å². The van der Waals surface area contributed by atoms with Crippen molar-refractivity contribution in [2.24, 2.45) is 0 Å². The fourth-order valence-corrected chi connectivity index (χ4v) is 4.44. The van der Waals surface area contributed by atoms with Crippen molar-refractivity contribution < 1.29 is 27.1 Å². The van der Waals surface area contributed by atoms with E-state index < -0.39 is 34.5 Å². The van der Waals surface area contributed by atoms with Crippen molar-refractivity contribution in [1.29, 1.82) is 0 Å². The Bertz CT molecular complexity index is 1040. The molecule has 2 aromatic carbocycles. The summed E-state index contributed by atoms with van der Waals surface area (Å²) in [5.74, 6) is -1.78. The molecule has 1 amide bonds. The Kier molecular flexibility index (Phi) is 6.52. The number of carbonyl (C=O) groups excluding carboxylic acids is 2. The number of ether oxygens (including phenoxy) is 1. The number of amides is 1. The zero-order valence-electron chi connectivity index (χ0n) is 16.7. The molecule has 160 valence electrons. The van der Waals surface area contributed by atoms with E-state index in [0.29, 0.717) is 6.54 Å². The van der Waals surface area contributed by atoms with E-state index in [2.05, 4.69) is 0 Å². The van der Waals surface area contributed by atoms with Crippen LogP contribution in [0.5, 0.6) is 0 Å². The number of benzene rings is 2. The predicted octanol–water partition coefficient (Wildman–Crippen LogP) is 2.36. The van der Waals surface area contributed by atoms with E-state index in [4.69, 9.17) is 4.74 Å². The van der Waals surface area contributed by atoms with Crippen LogP contribution in [0, 0.1) is 5.82 Å². The maximum atomic E-state index is 13.0. The van der Waals surface area contributed by atoms with E-state index in [1.54, 1.807) is 4.90 Å². The molecule has 0 aromatic heterocycles. The van der Waals surface area contributed by atoms with Crippen LogP contribution in [0.25, 0.3) is 0 Å². The normalized spacial score (nSPS) is 14.9. The third-order valence-corrected chi connectivity index (χ3v) is 6.72. The molecule has 0 saturated carbocycles. The number of likely N-dealkylation sites (N-methyl/N-ethyl adjacent to an activating group) is 1. The van der Waals surface area contributed by atoms with Crippen molar-refractivity contribution in [2.75, 3.05) is 25.0 Å². The van der Waals surface area contributed by atoms with Gasteiger partial charge in [-0.3, -0.25) is 9.59 Å². The molecule has 30 heavy (non-hydrogen) atoms. The summed E-state index contributed by atoms with van der Waals surface area (Å²) in [5, 5.41) is 0. The minimum atomic E-state index is -4.00. The minimum Gasteiger partial charge on any atom is -0.452 e. The largest absolute Gasteiger partial charge is 0.452 e. The van der Waals surface area contributed by atoms with Gasteiger partial charge in [-0.25, -0.2) is 12.8 Å². The zero-order valence-corrected chi connectivity index (χ0v) is 17.6. The minimum absolute atomic E-state index is 0.145. The summed E-state index contributed by atoms with van der Waals surface area (Å²) in [6.07, 6.45) is 0.618. The molecule has 3 rings (SSSR count). The van der Waals surface area contributed by atoms with Gasteiger partial charge in [-0.2, -0.15) is 4.31 Å². The van der Waals surface area contributed by atoms with Gasteiger partial charge >= 0.3 is 5.97 Å². The van der Waals surface area contributed by atoms with Crippen LogP contribution in [0.1, 0.15) is 18.9 Å². The van der Waals surface area contributed by atoms with Crippen molar-refractivity contribution in [3.05, 3.63) is 59.9 Å². The number of carbonyl (C=O) groups is 2. The van der Waals surface area contributed by atoms with Crippen LogP contribution in [-0.2, 0) is 30.8 Å². The van der Waals surface area contributed by atoms with Crippen LogP contribution < -0.4 is 4.90 Å². The fourth-order valence-electron chi connectivity index (χ4n) is 3.32. The van der Waals surface area contributed by atoms with Crippen LogP contribution >= 0.6 is 0 Å². The molecule has 7 nitrogen and oxygen atoms in total. The van der Waals surface area contributed by atoms with E-state index in [1.807, 2.05) is 24.3 Å². The summed E-state index contributed by atoms with van der Waals surface area (Å²) in [5.41, 5.74) is 1.86. The van der Waals surface area contributed by atoms with E-state index in [-0.39, 0.29) is 10.8 Å². The van der Waals surface area contributed by atoms with Crippen molar-refractivity contribution in [3.63, 3.8) is 0 Å². The average molecular weight is 434 g/mol. The molecule has 2 aromatic rings. The van der Waals surface area contributed by atoms with Crippen molar-refractivity contribution in [2.45, 2.75) is 30.8 Å². The molecule has 1 unspecified atom stereocenters. The topological polar surface area (TPSA) is 84.0 Å². The molecule has 0 bridgehead atoms. The van der Waals surface area contributed by atoms with Crippen LogP contribution in [0.4, 0.5) is 10.1 Å². The molecular formula is C21H23FN2O5S. The molecule has 0 spiro atoms. The van der Waals surface area contributed by atoms with Crippen molar-refractivity contribution >= 4 is 27.6 Å². The third-order valence-electron chi connectivity index (χ3n) is 4.91. The van der Waals surface area contributed by atoms with Crippen molar-refractivity contribution in [1.82, 2.24) is 4.31 Å². The number of aryl methyl sites for hydroxylation is 1. The Hall–Kier alpha value is -2.78. The van der Waals surface area contributed by atoms with Crippen LogP contribution in [0.2, 0.25) is 0 Å². The number of nitrogens with zero attached hydrogens (tertiary/aromatic N) is 2. The Morgan fingerprint density at radius 2 is 1.83 bits per heavy atom. The Balaban J connectivity index is 1.63. The maximum absolute atomic E-state index is 13.0. The lowest BCUT2D eigenvalue weighted by molar-refractivity contribution is -0.153. The smallest absolute Gasteiger partial charge is 0.322 e. The Morgan fingerprint density at radius 3 is 2.53 bits per heavy atom. The van der Waals surface area contributed by atoms with Crippen LogP contribution in [0.3, 0.4) is 0 Å². The Morgan fingerprint density at radius 1 is 1.17 bits per heavy atom. The van der Waals surface area contributed by atoms with Gasteiger partial charge < -0.3 is 9.64 Å². The second-order valence-electron chi connectivity index (χ2n) is 7.07. The third kappa shape index (κ3) is 4.68. The second kappa shape index (κ2) is 8.93. The number of para-hydroxylation sites is 1. The van der Waals surface area contributed by atoms with E-state index in [0.717, 1.165) is 52.7 Å². The van der Waals surface area contributed by atoms with Gasteiger partial charge in [0.25, 0.3) is 5.91 Å². The molecule has 0 fully saturated rings. The second-order valence-corrected chi connectivity index (χ2v) is 9.11. The first-order valence-corrected chi connectivity index (χ1v) is 10.9. The predicted molar refractivity (Wildman–Crippen MR) is 109 cm³/mol. The number of fused-ring (bicyclic) bond motifs is 1. The number of esters is 1. The van der Waals surface area contributed by atoms with Gasteiger partial charge in [-0.05, 0) is 55.7 Å². The lowest BCUT2D eigenvalue weighted by Gasteiger charge is -2.31. The van der Waals surface area contributed by atoms with Crippen LogP contribution in [0.15, 0.2) is 53.4 Å². The monoisotopic (exact) mass is 434 g/mol. The van der Waals surface area contributed by atoms with Gasteiger partial charge in [0.1, 0.15) is 12.4 Å². The summed E-state index contributed by atoms with van der Waals surface area (Å²) in [6, 6.07) is 11.8. The fraction of sp³-hybridized carbons (Fsp3) is 0.333. The van der Waals surface area contributed by atoms with E-state index >= 15 is 0 Å². The van der Waals surface area contributed by atoms with Gasteiger partial charge in [-0.15, -0.1) is 0 Å². The first-order valence-electron chi connectivity index (χ1n) is 9.51. The number of anilines is 1. The van der Waals surface area contributed by atoms with Crippen LogP contribution in [-0.4, -0.2) is 50.8 Å². The highest BCUT2D eigenvalue weighted by Crippen LogP contribution is 2.27. The molecule has 1 heterocycles. The molecule has 1 atom stereocenters. The SMILES string of the molecule is CC(OC(=O)CN(C)S(=O)(=O)c1ccc(F)cc1)C(=O)N1CCCc2ccccc21. The average Bonchev–Trinajstić information content (AvgIpc) is 2.72. The summed E-state index contributed by atoms with van der Waals surface area (Å²) < 4.78 is 44.0. The lowest BCUT2D eigenvalue weighted by atomic mass is 10.0. The highest BCUT2D eigenvalue weighted by atomic mass is 32.2. The molecular weight excluding hydrogens is 411 g/mol. The number of halogens is 1. The number of rotatable bonds is 6. The van der Waals surface area contributed by atoms with Crippen molar-refractivity contribution in [3.8, 4) is 0 Å². The van der Waals surface area contributed by atoms with Gasteiger partial charge in [-0.1, -0.05) is 18.2 Å². The summed E-state index contributed by atoms with van der Waals surface area (Å²) in [6.45, 7) is 1.41. The summed E-state index contributed by atoms with van der Waals surface area (Å²) in [7, 11) is -2.78. The first kappa shape index (κ1) is 21.9. The molecule has 9 heteroatoms. The highest BCUT2D eigenvalue weighted by molar-refractivity contribution is 7.89. The quantitative estimate of drug-likeness (QED) is 0.652. The maximum Gasteiger partial charge on any atom is 0.322 e. The summed E-state index contributed by atoms with van der Waals surface area (Å²) >= 11 is 0. The number of hydrogen-bond donors (Lipinski definition) is 0. The standard InChI is InChI=1S/C21H23FN2O5S/c1-15(21(26)24-13-5-7-16-6-3-4-8-19(16)24)29-20(25)14-23(2)30(27,28)18-11-9-17(22)10-12-18/h3-4,6,8-12,15H,5,7,13-14H2,1-2H3. The molecule has 1 aliphatic rings. The lowest BCUT2D eigenvalue weighted by Crippen LogP contribution is -2.44. The number of sulfonamides is 1. The van der Waals surface area contributed by atoms with E-state index in [9.17, 15) is 22.4 Å². The summed E-state index contributed by atoms with van der Waals surface area (Å²) in [4.78, 5) is 26.5. The van der Waals surface area contributed by atoms with E-state index in [1.165, 1.54) is 14.0 Å². The Labute approximate surface area is 175 Å². The molecule has 0 aliphatic carbocycles. The van der Waals surface area contributed by atoms with Gasteiger partial charge in [0, 0.05) is 19.3 Å². The number of hydrogen-bond acceptors (Lipinski definition) is 5. The molecule has 0 N–H and O–H groups in total. The van der Waals surface area contributed by atoms with Gasteiger partial charge in [0.15, 0.2) is 6.10 Å².